The van der Waals surface area contributed by atoms with Crippen LogP contribution in [0, 0.1) is 0 Å². The van der Waals surface area contributed by atoms with Gasteiger partial charge in [-0.2, -0.15) is 0 Å². The summed E-state index contributed by atoms with van der Waals surface area (Å²) in [5, 5.41) is 11.1. The second-order valence-corrected chi connectivity index (χ2v) is 3.35. The number of amides is 1. The number of hydrogen-bond acceptors (Lipinski definition) is 2. The molecule has 0 fully saturated rings. The number of allylic oxidation sites excluding steroid dienone is 1. The van der Waals surface area contributed by atoms with E-state index in [1.54, 1.807) is 0 Å². The molecule has 0 spiro atoms. The molecule has 0 saturated carbocycles. The van der Waals surface area contributed by atoms with Crippen molar-refractivity contribution in [2.75, 3.05) is 0 Å². The highest BCUT2D eigenvalue weighted by molar-refractivity contribution is 5.83. The summed E-state index contributed by atoms with van der Waals surface area (Å²) in [6.07, 6.45) is 1.40. The van der Waals surface area contributed by atoms with Gasteiger partial charge in [-0.05, 0) is 5.56 Å². The number of nitrogens with one attached hydrogen (secondary N) is 1. The number of carbonyl (C=O) groups is 2. The average Bonchev–Trinajstić information content (AvgIpc) is 2.16. The van der Waals surface area contributed by atoms with Crippen molar-refractivity contribution in [3.8, 4) is 0 Å². The van der Waals surface area contributed by atoms with Crippen LogP contribution in [0.5, 0.6) is 0 Å². The van der Waals surface area contributed by atoms with Gasteiger partial charge in [0.05, 0.1) is 0 Å². The maximum absolute atomic E-state index is 10.9. The molecule has 0 aliphatic carbocycles. The molecule has 0 heterocycles. The summed E-state index contributed by atoms with van der Waals surface area (Å²) in [6.45, 7) is 1.35. The van der Waals surface area contributed by atoms with E-state index < -0.39 is 5.97 Å². The first-order valence-corrected chi connectivity index (χ1v) is 4.83. The quantitative estimate of drug-likeness (QED) is 0.751. The van der Waals surface area contributed by atoms with Crippen LogP contribution in [-0.4, -0.2) is 17.0 Å². The molecule has 4 nitrogen and oxygen atoms in total. The highest BCUT2D eigenvalue weighted by atomic mass is 16.4. The van der Waals surface area contributed by atoms with Gasteiger partial charge in [0.15, 0.2) is 0 Å². The van der Waals surface area contributed by atoms with Crippen molar-refractivity contribution in [3.63, 3.8) is 0 Å². The zero-order valence-corrected chi connectivity index (χ0v) is 8.93. The SMILES string of the molecule is CC(=O)N/C(=C\C(=O)O)Cc1ccccc1. The van der Waals surface area contributed by atoms with Crippen molar-refractivity contribution in [1.29, 1.82) is 0 Å². The molecule has 1 rings (SSSR count). The Morgan fingerprint density at radius 3 is 2.44 bits per heavy atom. The summed E-state index contributed by atoms with van der Waals surface area (Å²) < 4.78 is 0. The van der Waals surface area contributed by atoms with Gasteiger partial charge >= 0.3 is 5.97 Å². The van der Waals surface area contributed by atoms with Crippen LogP contribution < -0.4 is 5.32 Å². The van der Waals surface area contributed by atoms with Crippen molar-refractivity contribution in [3.05, 3.63) is 47.7 Å². The van der Waals surface area contributed by atoms with E-state index in [-0.39, 0.29) is 5.91 Å². The van der Waals surface area contributed by atoms with E-state index in [4.69, 9.17) is 5.11 Å². The Morgan fingerprint density at radius 1 is 1.31 bits per heavy atom. The van der Waals surface area contributed by atoms with Crippen LogP contribution in [0.1, 0.15) is 12.5 Å². The lowest BCUT2D eigenvalue weighted by Gasteiger charge is -2.07. The van der Waals surface area contributed by atoms with Gasteiger partial charge in [0, 0.05) is 25.1 Å². The van der Waals surface area contributed by atoms with E-state index in [0.29, 0.717) is 12.1 Å². The zero-order valence-electron chi connectivity index (χ0n) is 8.93. The van der Waals surface area contributed by atoms with Gasteiger partial charge in [0.2, 0.25) is 5.91 Å². The Balaban J connectivity index is 2.79. The lowest BCUT2D eigenvalue weighted by atomic mass is 10.1. The van der Waals surface area contributed by atoms with E-state index in [9.17, 15) is 9.59 Å². The van der Waals surface area contributed by atoms with Gasteiger partial charge in [-0.3, -0.25) is 4.79 Å². The standard InChI is InChI=1S/C12H13NO3/c1-9(14)13-11(8-12(15)16)7-10-5-3-2-4-6-10/h2-6,8H,7H2,1H3,(H,13,14)(H,15,16)/b11-8-. The van der Waals surface area contributed by atoms with E-state index in [0.717, 1.165) is 11.6 Å². The molecule has 0 aromatic heterocycles. The molecular formula is C12H13NO3. The molecule has 0 radical (unpaired) electrons. The molecule has 4 heteroatoms. The predicted octanol–water partition coefficient (Wildman–Crippen LogP) is 1.33. The molecule has 0 aliphatic heterocycles. The Labute approximate surface area is 93.6 Å². The number of hydrogen-bond donors (Lipinski definition) is 2. The van der Waals surface area contributed by atoms with Crippen molar-refractivity contribution >= 4 is 11.9 Å². The van der Waals surface area contributed by atoms with Crippen LogP contribution in [0.15, 0.2) is 42.1 Å². The van der Waals surface area contributed by atoms with Gasteiger partial charge in [-0.15, -0.1) is 0 Å². The Bertz CT molecular complexity index is 410. The summed E-state index contributed by atoms with van der Waals surface area (Å²) in [6, 6.07) is 9.35. The minimum absolute atomic E-state index is 0.275. The van der Waals surface area contributed by atoms with E-state index in [2.05, 4.69) is 5.32 Å². The van der Waals surface area contributed by atoms with Crippen LogP contribution >= 0.6 is 0 Å². The molecule has 0 bridgehead atoms. The second-order valence-electron chi connectivity index (χ2n) is 3.35. The summed E-state index contributed by atoms with van der Waals surface area (Å²) in [7, 11) is 0. The van der Waals surface area contributed by atoms with E-state index >= 15 is 0 Å². The van der Waals surface area contributed by atoms with Crippen molar-refractivity contribution < 1.29 is 14.7 Å². The molecule has 0 unspecified atom stereocenters. The normalized spacial score (nSPS) is 10.9. The smallest absolute Gasteiger partial charge is 0.330 e. The molecule has 84 valence electrons. The third-order valence-corrected chi connectivity index (χ3v) is 1.87. The summed E-state index contributed by atoms with van der Waals surface area (Å²) in [5.74, 6) is -1.34. The second kappa shape index (κ2) is 5.70. The lowest BCUT2D eigenvalue weighted by Crippen LogP contribution is -2.21. The highest BCUT2D eigenvalue weighted by Gasteiger charge is 2.03. The predicted molar refractivity (Wildman–Crippen MR) is 59.7 cm³/mol. The highest BCUT2D eigenvalue weighted by Crippen LogP contribution is 2.05. The first-order chi connectivity index (χ1) is 7.58. The summed E-state index contributed by atoms with van der Waals surface area (Å²) in [5.41, 5.74) is 1.33. The molecule has 1 amide bonds. The summed E-state index contributed by atoms with van der Waals surface area (Å²) in [4.78, 5) is 21.4. The van der Waals surface area contributed by atoms with Crippen LogP contribution in [0.3, 0.4) is 0 Å². The minimum Gasteiger partial charge on any atom is -0.478 e. The number of benzene rings is 1. The van der Waals surface area contributed by atoms with Crippen LogP contribution in [0.2, 0.25) is 0 Å². The number of carboxylic acids is 1. The Kier molecular flexibility index (Phi) is 4.27. The van der Waals surface area contributed by atoms with Gasteiger partial charge in [-0.25, -0.2) is 4.79 Å². The summed E-state index contributed by atoms with van der Waals surface area (Å²) >= 11 is 0. The maximum Gasteiger partial charge on any atom is 0.330 e. The maximum atomic E-state index is 10.9. The van der Waals surface area contributed by atoms with Gasteiger partial charge in [0.1, 0.15) is 0 Å². The minimum atomic E-state index is -1.07. The molecular weight excluding hydrogens is 206 g/mol. The number of carboxylic acid groups (broad SMARTS) is 1. The van der Waals surface area contributed by atoms with Crippen molar-refractivity contribution in [1.82, 2.24) is 5.32 Å². The van der Waals surface area contributed by atoms with Crippen LogP contribution in [-0.2, 0) is 16.0 Å². The van der Waals surface area contributed by atoms with Crippen molar-refractivity contribution in [2.24, 2.45) is 0 Å². The Hall–Kier alpha value is -2.10. The van der Waals surface area contributed by atoms with Gasteiger partial charge in [0.25, 0.3) is 0 Å². The number of rotatable bonds is 4. The Morgan fingerprint density at radius 2 is 1.94 bits per heavy atom. The fourth-order valence-corrected chi connectivity index (χ4v) is 1.32. The third-order valence-electron chi connectivity index (χ3n) is 1.87. The van der Waals surface area contributed by atoms with Gasteiger partial charge < -0.3 is 10.4 Å². The molecule has 1 aromatic rings. The molecule has 2 N–H and O–H groups in total. The van der Waals surface area contributed by atoms with E-state index in [1.165, 1.54) is 6.92 Å². The molecule has 16 heavy (non-hydrogen) atoms. The topological polar surface area (TPSA) is 66.4 Å². The third kappa shape index (κ3) is 4.41. The molecule has 0 saturated heterocycles. The molecule has 1 aromatic carbocycles. The molecule has 0 atom stereocenters. The fraction of sp³-hybridized carbons (Fsp3) is 0.167. The fourth-order valence-electron chi connectivity index (χ4n) is 1.32. The largest absolute Gasteiger partial charge is 0.478 e. The number of aliphatic carboxylic acids is 1. The van der Waals surface area contributed by atoms with Gasteiger partial charge in [-0.1, -0.05) is 30.3 Å². The van der Waals surface area contributed by atoms with Crippen LogP contribution in [0.25, 0.3) is 0 Å². The average molecular weight is 219 g/mol. The monoisotopic (exact) mass is 219 g/mol. The molecule has 0 aliphatic rings. The zero-order chi connectivity index (χ0) is 12.0. The number of carbonyl (C=O) groups excluding carboxylic acids is 1. The first kappa shape index (κ1) is 12.0. The van der Waals surface area contributed by atoms with E-state index in [1.807, 2.05) is 30.3 Å². The van der Waals surface area contributed by atoms with Crippen molar-refractivity contribution in [2.45, 2.75) is 13.3 Å². The first-order valence-electron chi connectivity index (χ1n) is 4.83. The van der Waals surface area contributed by atoms with Crippen LogP contribution in [0.4, 0.5) is 0 Å². The lowest BCUT2D eigenvalue weighted by molar-refractivity contribution is -0.131.